The fraction of sp³-hybridized carbons (Fsp3) is 0.727. The number of allylic oxidation sites excluding steroid dienone is 10. The van der Waals surface area contributed by atoms with E-state index in [4.69, 9.17) is 23.8 Å². The first-order valence-electron chi connectivity index (χ1n) is 22.0. The number of aliphatic hydroxyl groups is 1. The molecule has 0 aliphatic heterocycles. The smallest absolute Gasteiger partial charge is 0.462 e. The molecule has 0 fully saturated rings. The van der Waals surface area contributed by atoms with Crippen LogP contribution in [0.1, 0.15) is 168 Å². The predicted molar refractivity (Wildman–Crippen MR) is 234 cm³/mol. The van der Waals surface area contributed by atoms with Gasteiger partial charge in [0.05, 0.1) is 19.8 Å². The van der Waals surface area contributed by atoms with Crippen molar-refractivity contribution in [2.45, 2.75) is 180 Å². The number of ether oxygens (including phenoxy) is 2. The molecular formula is C44H78O13P2. The van der Waals surface area contributed by atoms with Crippen LogP contribution in [0.3, 0.4) is 0 Å². The molecule has 0 amide bonds. The number of rotatable bonds is 41. The van der Waals surface area contributed by atoms with Crippen LogP contribution < -0.4 is 0 Å². The van der Waals surface area contributed by atoms with Crippen molar-refractivity contribution in [1.82, 2.24) is 0 Å². The zero-order valence-electron chi connectivity index (χ0n) is 36.1. The molecule has 4 N–H and O–H groups in total. The van der Waals surface area contributed by atoms with E-state index in [0.29, 0.717) is 19.3 Å². The zero-order chi connectivity index (χ0) is 43.7. The van der Waals surface area contributed by atoms with E-state index >= 15 is 0 Å². The van der Waals surface area contributed by atoms with Gasteiger partial charge in [0.15, 0.2) is 6.10 Å². The van der Waals surface area contributed by atoms with Crippen LogP contribution in [-0.4, -0.2) is 70.4 Å². The molecule has 0 aliphatic rings. The first-order valence-corrected chi connectivity index (χ1v) is 25.0. The second-order valence-corrected chi connectivity index (χ2v) is 17.3. The van der Waals surface area contributed by atoms with Gasteiger partial charge in [0.1, 0.15) is 12.7 Å². The standard InChI is InChI=1S/C44H78O13P2/c1-3-5-7-9-11-13-15-17-19-20-22-24-26-28-30-32-34-36-44(47)57-42(40-56-59(51,52)55-38-41(45)37-54-58(48,49)50)39-53-43(46)35-33-31-29-27-25-23-21-18-16-14-12-10-8-6-4-2/h11,13-14,16-17,19,22,24,28,30,41-42,45H,3-10,12,15,18,20-21,23,25-27,29,31-40H2,1-2H3,(H,51,52)(H2,48,49,50). The molecule has 342 valence electrons. The van der Waals surface area contributed by atoms with E-state index in [1.54, 1.807) is 0 Å². The van der Waals surface area contributed by atoms with E-state index in [1.165, 1.54) is 64.2 Å². The minimum absolute atomic E-state index is 0.0529. The Morgan fingerprint density at radius 1 is 0.492 bits per heavy atom. The lowest BCUT2D eigenvalue weighted by Gasteiger charge is -2.20. The van der Waals surface area contributed by atoms with Gasteiger partial charge in [-0.15, -0.1) is 0 Å². The van der Waals surface area contributed by atoms with Gasteiger partial charge in [0.25, 0.3) is 0 Å². The molecule has 0 aromatic heterocycles. The van der Waals surface area contributed by atoms with Crippen molar-refractivity contribution >= 4 is 27.6 Å². The molecule has 3 unspecified atom stereocenters. The van der Waals surface area contributed by atoms with Gasteiger partial charge in [-0.2, -0.15) is 0 Å². The van der Waals surface area contributed by atoms with E-state index < -0.39 is 66.2 Å². The Kier molecular flexibility index (Phi) is 38.5. The molecule has 0 aromatic rings. The Morgan fingerprint density at radius 2 is 0.898 bits per heavy atom. The van der Waals surface area contributed by atoms with Crippen molar-refractivity contribution in [1.29, 1.82) is 0 Å². The Balaban J connectivity index is 4.62. The lowest BCUT2D eigenvalue weighted by Crippen LogP contribution is -2.29. The molecule has 0 bridgehead atoms. The molecule has 0 radical (unpaired) electrons. The maximum Gasteiger partial charge on any atom is 0.472 e. The second kappa shape index (κ2) is 39.9. The topological polar surface area (TPSA) is 195 Å². The van der Waals surface area contributed by atoms with Crippen LogP contribution in [0.4, 0.5) is 0 Å². The molecule has 0 aromatic carbocycles. The number of carbonyl (C=O) groups is 2. The third kappa shape index (κ3) is 43.7. The van der Waals surface area contributed by atoms with Crippen molar-refractivity contribution in [2.24, 2.45) is 0 Å². The van der Waals surface area contributed by atoms with Crippen LogP contribution >= 0.6 is 15.6 Å². The predicted octanol–water partition coefficient (Wildman–Crippen LogP) is 11.2. The maximum absolute atomic E-state index is 12.6. The summed E-state index contributed by atoms with van der Waals surface area (Å²) in [5, 5.41) is 9.74. The number of hydrogen-bond donors (Lipinski definition) is 4. The minimum atomic E-state index is -4.87. The van der Waals surface area contributed by atoms with Crippen molar-refractivity contribution < 1.29 is 61.6 Å². The van der Waals surface area contributed by atoms with Crippen LogP contribution in [0, 0.1) is 0 Å². The number of esters is 2. The van der Waals surface area contributed by atoms with Gasteiger partial charge < -0.3 is 29.3 Å². The van der Waals surface area contributed by atoms with Gasteiger partial charge in [-0.05, 0) is 77.0 Å². The third-order valence-electron chi connectivity index (χ3n) is 8.87. The Morgan fingerprint density at radius 3 is 1.46 bits per heavy atom. The Hall–Kier alpha value is -2.18. The molecule has 0 aliphatic carbocycles. The highest BCUT2D eigenvalue weighted by Gasteiger charge is 2.28. The lowest BCUT2D eigenvalue weighted by atomic mass is 10.1. The minimum Gasteiger partial charge on any atom is -0.462 e. The summed E-state index contributed by atoms with van der Waals surface area (Å²) < 4.78 is 47.7. The molecule has 0 rings (SSSR count). The van der Waals surface area contributed by atoms with Crippen LogP contribution in [-0.2, 0) is 41.8 Å². The largest absolute Gasteiger partial charge is 0.472 e. The van der Waals surface area contributed by atoms with Gasteiger partial charge in [-0.25, -0.2) is 9.13 Å². The van der Waals surface area contributed by atoms with Gasteiger partial charge in [0.2, 0.25) is 0 Å². The molecular weight excluding hydrogens is 798 g/mol. The fourth-order valence-corrected chi connectivity index (χ4v) is 6.67. The van der Waals surface area contributed by atoms with Crippen LogP contribution in [0.2, 0.25) is 0 Å². The van der Waals surface area contributed by atoms with Crippen LogP contribution in [0.25, 0.3) is 0 Å². The van der Waals surface area contributed by atoms with Crippen molar-refractivity contribution in [3.63, 3.8) is 0 Å². The average molecular weight is 877 g/mol. The summed E-state index contributed by atoms with van der Waals surface area (Å²) >= 11 is 0. The van der Waals surface area contributed by atoms with Crippen LogP contribution in [0.5, 0.6) is 0 Å². The zero-order valence-corrected chi connectivity index (χ0v) is 37.9. The quantitative estimate of drug-likeness (QED) is 0.0196. The number of aliphatic hydroxyl groups excluding tert-OH is 1. The van der Waals surface area contributed by atoms with Crippen LogP contribution in [0.15, 0.2) is 60.8 Å². The van der Waals surface area contributed by atoms with Gasteiger partial charge in [-0.1, -0.05) is 139 Å². The molecule has 0 saturated heterocycles. The number of hydrogen-bond acceptors (Lipinski definition) is 10. The maximum atomic E-state index is 12.6. The SMILES string of the molecule is CCCCCC=CCC=CCC=CCC=CCCCC(=O)OC(COC(=O)CCCCCCCCCC=CCCCCCC)COP(=O)(O)OCC(O)COP(=O)(O)O. The van der Waals surface area contributed by atoms with E-state index in [2.05, 4.69) is 71.5 Å². The third-order valence-corrected chi connectivity index (χ3v) is 10.3. The lowest BCUT2D eigenvalue weighted by molar-refractivity contribution is -0.161. The molecule has 0 spiro atoms. The number of unbranched alkanes of at least 4 members (excludes halogenated alkanes) is 15. The second-order valence-electron chi connectivity index (χ2n) is 14.6. The molecule has 0 heterocycles. The highest BCUT2D eigenvalue weighted by atomic mass is 31.2. The van der Waals surface area contributed by atoms with E-state index in [-0.39, 0.29) is 12.8 Å². The number of carbonyl (C=O) groups excluding carboxylic acids is 2. The highest BCUT2D eigenvalue weighted by molar-refractivity contribution is 7.47. The summed E-state index contributed by atoms with van der Waals surface area (Å²) in [7, 11) is -9.69. The number of phosphoric ester groups is 2. The fourth-order valence-electron chi connectivity index (χ4n) is 5.51. The molecule has 3 atom stereocenters. The van der Waals surface area contributed by atoms with E-state index in [0.717, 1.165) is 57.8 Å². The van der Waals surface area contributed by atoms with Crippen molar-refractivity contribution in [3.8, 4) is 0 Å². The molecule has 0 saturated carbocycles. The number of phosphoric acid groups is 2. The Bertz CT molecular complexity index is 1280. The van der Waals surface area contributed by atoms with Crippen molar-refractivity contribution in [3.05, 3.63) is 60.8 Å². The normalized spacial score (nSPS) is 14.6. The first-order chi connectivity index (χ1) is 28.4. The van der Waals surface area contributed by atoms with Gasteiger partial charge in [-0.3, -0.25) is 23.2 Å². The van der Waals surface area contributed by atoms with E-state index in [9.17, 15) is 28.7 Å². The summed E-state index contributed by atoms with van der Waals surface area (Å²) in [6.45, 7) is 1.65. The van der Waals surface area contributed by atoms with Gasteiger partial charge in [0, 0.05) is 12.8 Å². The molecule has 13 nitrogen and oxygen atoms in total. The summed E-state index contributed by atoms with van der Waals surface area (Å²) in [6, 6.07) is 0. The molecule has 15 heteroatoms. The highest BCUT2D eigenvalue weighted by Crippen LogP contribution is 2.43. The van der Waals surface area contributed by atoms with Crippen molar-refractivity contribution in [2.75, 3.05) is 26.4 Å². The summed E-state index contributed by atoms with van der Waals surface area (Å²) in [5.41, 5.74) is 0. The first kappa shape index (κ1) is 56.8. The monoisotopic (exact) mass is 876 g/mol. The van der Waals surface area contributed by atoms with E-state index in [1.807, 2.05) is 12.2 Å². The summed E-state index contributed by atoms with van der Waals surface area (Å²) in [6.07, 6.45) is 42.2. The molecule has 59 heavy (non-hydrogen) atoms. The summed E-state index contributed by atoms with van der Waals surface area (Å²) in [5.74, 6) is -1.10. The summed E-state index contributed by atoms with van der Waals surface area (Å²) in [4.78, 5) is 52.7. The van der Waals surface area contributed by atoms with Gasteiger partial charge >= 0.3 is 27.6 Å². The average Bonchev–Trinajstić information content (AvgIpc) is 3.19. The Labute approximate surface area is 355 Å².